The molecule has 104 valence electrons. The Kier molecular flexibility index (Phi) is 4.88. The van der Waals surface area contributed by atoms with Gasteiger partial charge < -0.3 is 10.6 Å². The van der Waals surface area contributed by atoms with Gasteiger partial charge in [0, 0.05) is 19.2 Å². The van der Waals surface area contributed by atoms with Crippen LogP contribution in [0.15, 0.2) is 42.5 Å². The third kappa shape index (κ3) is 3.44. The smallest absolute Gasteiger partial charge is 0.251 e. The van der Waals surface area contributed by atoms with E-state index in [0.717, 1.165) is 11.3 Å². The van der Waals surface area contributed by atoms with Crippen molar-refractivity contribution in [2.45, 2.75) is 6.54 Å². The van der Waals surface area contributed by atoms with Crippen molar-refractivity contribution in [1.29, 1.82) is 0 Å². The summed E-state index contributed by atoms with van der Waals surface area (Å²) in [6, 6.07) is 12.8. The molecule has 1 amide bonds. The minimum atomic E-state index is -0.0950. The minimum absolute atomic E-state index is 0.0950. The summed E-state index contributed by atoms with van der Waals surface area (Å²) in [5.41, 5.74) is 2.47. The Bertz CT molecular complexity index is 612. The molecule has 0 fully saturated rings. The van der Waals surface area contributed by atoms with Gasteiger partial charge in [0.1, 0.15) is 0 Å². The highest BCUT2D eigenvalue weighted by molar-refractivity contribution is 6.43. The molecule has 0 saturated heterocycles. The minimum Gasteiger partial charge on any atom is -0.380 e. The van der Waals surface area contributed by atoms with E-state index >= 15 is 0 Å². The van der Waals surface area contributed by atoms with Crippen molar-refractivity contribution < 1.29 is 4.79 Å². The van der Waals surface area contributed by atoms with E-state index in [4.69, 9.17) is 23.2 Å². The highest BCUT2D eigenvalue weighted by Gasteiger charge is 2.05. The van der Waals surface area contributed by atoms with Crippen LogP contribution in [0, 0.1) is 0 Å². The van der Waals surface area contributed by atoms with Gasteiger partial charge in [0.2, 0.25) is 0 Å². The molecule has 0 heterocycles. The second-order valence-corrected chi connectivity index (χ2v) is 5.02. The second-order valence-electron chi connectivity index (χ2n) is 4.23. The van der Waals surface area contributed by atoms with Crippen LogP contribution < -0.4 is 10.6 Å². The normalized spacial score (nSPS) is 10.2. The van der Waals surface area contributed by atoms with Crippen LogP contribution >= 0.6 is 23.2 Å². The van der Waals surface area contributed by atoms with Crippen molar-refractivity contribution in [3.05, 3.63) is 63.6 Å². The number of carbonyl (C=O) groups is 1. The maximum Gasteiger partial charge on any atom is 0.251 e. The number of amides is 1. The Morgan fingerprint density at radius 2 is 1.80 bits per heavy atom. The SMILES string of the molecule is CNC(=O)c1ccc(CNc2cccc(Cl)c2Cl)cc1. The van der Waals surface area contributed by atoms with Crippen LogP contribution in [0.4, 0.5) is 5.69 Å². The summed E-state index contributed by atoms with van der Waals surface area (Å²) < 4.78 is 0. The largest absolute Gasteiger partial charge is 0.380 e. The molecule has 2 N–H and O–H groups in total. The predicted molar refractivity (Wildman–Crippen MR) is 83.6 cm³/mol. The Labute approximate surface area is 127 Å². The zero-order valence-electron chi connectivity index (χ0n) is 10.9. The van der Waals surface area contributed by atoms with E-state index in [2.05, 4.69) is 10.6 Å². The number of benzene rings is 2. The number of hydrogen-bond acceptors (Lipinski definition) is 2. The molecule has 0 unspecified atom stereocenters. The van der Waals surface area contributed by atoms with Gasteiger partial charge in [-0.05, 0) is 29.8 Å². The highest BCUT2D eigenvalue weighted by Crippen LogP contribution is 2.29. The topological polar surface area (TPSA) is 41.1 Å². The fourth-order valence-corrected chi connectivity index (χ4v) is 2.12. The lowest BCUT2D eigenvalue weighted by Crippen LogP contribution is -2.17. The summed E-state index contributed by atoms with van der Waals surface area (Å²) in [5.74, 6) is -0.0950. The van der Waals surface area contributed by atoms with Gasteiger partial charge in [-0.2, -0.15) is 0 Å². The van der Waals surface area contributed by atoms with Gasteiger partial charge >= 0.3 is 0 Å². The second kappa shape index (κ2) is 6.64. The number of anilines is 1. The van der Waals surface area contributed by atoms with Gasteiger partial charge in [-0.15, -0.1) is 0 Å². The number of halogens is 2. The summed E-state index contributed by atoms with van der Waals surface area (Å²) in [6.45, 7) is 0.605. The molecule has 0 saturated carbocycles. The van der Waals surface area contributed by atoms with Crippen molar-refractivity contribution >= 4 is 34.8 Å². The predicted octanol–water partition coefficient (Wildman–Crippen LogP) is 3.97. The molecular formula is C15H14Cl2N2O. The van der Waals surface area contributed by atoms with Crippen LogP contribution in [0.2, 0.25) is 10.0 Å². The van der Waals surface area contributed by atoms with Crippen LogP contribution in [0.3, 0.4) is 0 Å². The average Bonchev–Trinajstić information content (AvgIpc) is 2.48. The van der Waals surface area contributed by atoms with Crippen LogP contribution in [0.5, 0.6) is 0 Å². The zero-order chi connectivity index (χ0) is 14.5. The van der Waals surface area contributed by atoms with E-state index in [1.807, 2.05) is 24.3 Å². The molecule has 0 aliphatic heterocycles. The molecular weight excluding hydrogens is 295 g/mol. The van der Waals surface area contributed by atoms with Crippen LogP contribution in [0.25, 0.3) is 0 Å². The first kappa shape index (κ1) is 14.7. The third-order valence-corrected chi connectivity index (χ3v) is 3.70. The molecule has 3 nitrogen and oxygen atoms in total. The van der Waals surface area contributed by atoms with Gasteiger partial charge in [0.15, 0.2) is 0 Å². The van der Waals surface area contributed by atoms with Crippen molar-refractivity contribution in [2.75, 3.05) is 12.4 Å². The van der Waals surface area contributed by atoms with E-state index < -0.39 is 0 Å². The number of rotatable bonds is 4. The van der Waals surface area contributed by atoms with E-state index in [1.54, 1.807) is 25.2 Å². The molecule has 2 rings (SSSR count). The molecule has 0 spiro atoms. The third-order valence-electron chi connectivity index (χ3n) is 2.88. The number of hydrogen-bond donors (Lipinski definition) is 2. The molecule has 0 atom stereocenters. The van der Waals surface area contributed by atoms with Crippen LogP contribution in [-0.4, -0.2) is 13.0 Å². The van der Waals surface area contributed by atoms with Crippen molar-refractivity contribution in [2.24, 2.45) is 0 Å². The van der Waals surface area contributed by atoms with Gasteiger partial charge in [0.25, 0.3) is 5.91 Å². The van der Waals surface area contributed by atoms with E-state index in [0.29, 0.717) is 22.2 Å². The Hall–Kier alpha value is -1.71. The maximum atomic E-state index is 11.4. The first-order chi connectivity index (χ1) is 9.61. The summed E-state index contributed by atoms with van der Waals surface area (Å²) in [5, 5.41) is 6.83. The van der Waals surface area contributed by atoms with Gasteiger partial charge in [0.05, 0.1) is 15.7 Å². The van der Waals surface area contributed by atoms with E-state index in [-0.39, 0.29) is 5.91 Å². The molecule has 2 aromatic carbocycles. The van der Waals surface area contributed by atoms with Gasteiger partial charge in [-0.3, -0.25) is 4.79 Å². The Morgan fingerprint density at radius 3 is 2.45 bits per heavy atom. The number of carbonyl (C=O) groups excluding carboxylic acids is 1. The summed E-state index contributed by atoms with van der Waals surface area (Å²) >= 11 is 12.0. The molecule has 0 aliphatic carbocycles. The van der Waals surface area contributed by atoms with Crippen molar-refractivity contribution in [1.82, 2.24) is 5.32 Å². The standard InChI is InChI=1S/C15H14Cl2N2O/c1-18-15(20)11-7-5-10(6-8-11)9-19-13-4-2-3-12(16)14(13)17/h2-8,19H,9H2,1H3,(H,18,20). The summed E-state index contributed by atoms with van der Waals surface area (Å²) in [7, 11) is 1.61. The first-order valence-electron chi connectivity index (χ1n) is 6.10. The fraction of sp³-hybridized carbons (Fsp3) is 0.133. The Balaban J connectivity index is 2.04. The van der Waals surface area contributed by atoms with E-state index in [1.165, 1.54) is 0 Å². The number of nitrogens with one attached hydrogen (secondary N) is 2. The molecule has 20 heavy (non-hydrogen) atoms. The molecule has 0 aliphatic rings. The quantitative estimate of drug-likeness (QED) is 0.897. The lowest BCUT2D eigenvalue weighted by atomic mass is 10.1. The van der Waals surface area contributed by atoms with Crippen LogP contribution in [0.1, 0.15) is 15.9 Å². The van der Waals surface area contributed by atoms with E-state index in [9.17, 15) is 4.79 Å². The molecule has 2 aromatic rings. The monoisotopic (exact) mass is 308 g/mol. The fourth-order valence-electron chi connectivity index (χ4n) is 1.76. The van der Waals surface area contributed by atoms with Crippen LogP contribution in [-0.2, 0) is 6.54 Å². The summed E-state index contributed by atoms with van der Waals surface area (Å²) in [6.07, 6.45) is 0. The lowest BCUT2D eigenvalue weighted by Gasteiger charge is -2.09. The van der Waals surface area contributed by atoms with Crippen molar-refractivity contribution in [3.63, 3.8) is 0 Å². The lowest BCUT2D eigenvalue weighted by molar-refractivity contribution is 0.0963. The molecule has 0 bridgehead atoms. The molecule has 0 radical (unpaired) electrons. The first-order valence-corrected chi connectivity index (χ1v) is 6.86. The average molecular weight is 309 g/mol. The Morgan fingerprint density at radius 1 is 1.10 bits per heavy atom. The summed E-state index contributed by atoms with van der Waals surface area (Å²) in [4.78, 5) is 11.4. The molecule has 0 aromatic heterocycles. The highest BCUT2D eigenvalue weighted by atomic mass is 35.5. The van der Waals surface area contributed by atoms with Crippen molar-refractivity contribution in [3.8, 4) is 0 Å². The zero-order valence-corrected chi connectivity index (χ0v) is 12.4. The van der Waals surface area contributed by atoms with Gasteiger partial charge in [-0.1, -0.05) is 41.4 Å². The van der Waals surface area contributed by atoms with Gasteiger partial charge in [-0.25, -0.2) is 0 Å². The molecule has 5 heteroatoms. The maximum absolute atomic E-state index is 11.4.